The molecule has 7 heteroatoms. The lowest BCUT2D eigenvalue weighted by Crippen LogP contribution is -2.29. The fraction of sp³-hybridized carbons (Fsp3) is 0.333. The number of carbonyl (C=O) groups is 1. The predicted molar refractivity (Wildman–Crippen MR) is 150 cm³/mol. The van der Waals surface area contributed by atoms with E-state index in [-0.39, 0.29) is 13.2 Å². The van der Waals surface area contributed by atoms with Crippen molar-refractivity contribution in [2.75, 3.05) is 64.3 Å². The zero-order valence-electron chi connectivity index (χ0n) is 22.7. The topological polar surface area (TPSA) is 90.1 Å². The third-order valence-corrected chi connectivity index (χ3v) is 5.93. The molecule has 2 aromatic carbocycles. The molecule has 0 aliphatic heterocycles. The van der Waals surface area contributed by atoms with Gasteiger partial charge >= 0.3 is 0 Å². The van der Waals surface area contributed by atoms with Gasteiger partial charge in [0.2, 0.25) is 0 Å². The highest BCUT2D eigenvalue weighted by Crippen LogP contribution is 2.34. The van der Waals surface area contributed by atoms with Crippen molar-refractivity contribution in [1.82, 2.24) is 0 Å². The quantitative estimate of drug-likeness (QED) is 0.535. The first kappa shape index (κ1) is 29.5. The van der Waals surface area contributed by atoms with Crippen LogP contribution in [0.1, 0.15) is 23.6 Å². The van der Waals surface area contributed by atoms with Gasteiger partial charge in [-0.3, -0.25) is 0 Å². The average molecular weight is 506 g/mol. The van der Waals surface area contributed by atoms with Gasteiger partial charge in [-0.15, -0.1) is 0 Å². The van der Waals surface area contributed by atoms with Gasteiger partial charge in [0.1, 0.15) is 14.1 Å². The Kier molecular flexibility index (Phi) is 11.3. The van der Waals surface area contributed by atoms with Gasteiger partial charge in [0.05, 0.1) is 13.2 Å². The lowest BCUT2D eigenvalue weighted by atomic mass is 9.88. The molecule has 0 saturated carbocycles. The Morgan fingerprint density at radius 3 is 1.84 bits per heavy atom. The lowest BCUT2D eigenvalue weighted by molar-refractivity contribution is -0.462. The second kappa shape index (κ2) is 14.2. The number of rotatable bonds is 8. The van der Waals surface area contributed by atoms with Crippen molar-refractivity contribution in [3.05, 3.63) is 89.0 Å². The molecule has 3 rings (SSSR count). The molecule has 1 aliphatic carbocycles. The van der Waals surface area contributed by atoms with E-state index in [2.05, 4.69) is 83.2 Å². The van der Waals surface area contributed by atoms with Crippen LogP contribution in [0.2, 0.25) is 0 Å². The third kappa shape index (κ3) is 8.44. The maximum atomic E-state index is 9.42. The van der Waals surface area contributed by atoms with Gasteiger partial charge in [-0.25, -0.2) is 4.58 Å². The molecule has 0 radical (unpaired) electrons. The third-order valence-electron chi connectivity index (χ3n) is 5.93. The molecule has 198 valence electrons. The second-order valence-corrected chi connectivity index (χ2v) is 9.18. The average Bonchev–Trinajstić information content (AvgIpc) is 2.85. The first-order valence-corrected chi connectivity index (χ1v) is 12.3. The maximum absolute atomic E-state index is 9.42. The summed E-state index contributed by atoms with van der Waals surface area (Å²) in [6.45, 7) is 4.18. The normalized spacial score (nSPS) is 12.1. The summed E-state index contributed by atoms with van der Waals surface area (Å²) in [6, 6.07) is 15.0. The number of hydrogen-bond donors (Lipinski definition) is 2. The zero-order valence-corrected chi connectivity index (χ0v) is 22.7. The highest BCUT2D eigenvalue weighted by molar-refractivity contribution is 6.04. The molecule has 0 aromatic heterocycles. The van der Waals surface area contributed by atoms with Crippen molar-refractivity contribution in [2.24, 2.45) is 0 Å². The van der Waals surface area contributed by atoms with E-state index in [1.807, 2.05) is 33.1 Å². The van der Waals surface area contributed by atoms with E-state index in [1.165, 1.54) is 11.1 Å². The minimum absolute atomic E-state index is 0.0502. The second-order valence-electron chi connectivity index (χ2n) is 9.18. The summed E-state index contributed by atoms with van der Waals surface area (Å²) in [4.78, 5) is 13.0. The van der Waals surface area contributed by atoms with Crippen LogP contribution in [0.4, 0.5) is 11.4 Å². The maximum Gasteiger partial charge on any atom is 0.199 e. The van der Waals surface area contributed by atoms with Gasteiger partial charge in [-0.05, 0) is 78.1 Å². The van der Waals surface area contributed by atoms with Crippen LogP contribution in [-0.2, 0) is 4.79 Å². The Hall–Kier alpha value is -3.68. The first-order valence-electron chi connectivity index (χ1n) is 12.3. The van der Waals surface area contributed by atoms with Crippen LogP contribution >= 0.6 is 0 Å². The largest absolute Gasteiger partial charge is 0.550 e. The fourth-order valence-electron chi connectivity index (χ4n) is 4.07. The number of carboxylic acid groups (broad SMARTS) is 1. The molecule has 0 fully saturated rings. The Morgan fingerprint density at radius 1 is 0.892 bits per heavy atom. The number of carbonyl (C=O) groups excluding carboxylic acids is 1. The minimum atomic E-state index is -1.08. The van der Waals surface area contributed by atoms with Gasteiger partial charge in [-0.2, -0.15) is 0 Å². The number of aliphatic carboxylic acids is 1. The van der Waals surface area contributed by atoms with Crippen LogP contribution < -0.4 is 14.9 Å². The van der Waals surface area contributed by atoms with E-state index in [1.54, 1.807) is 0 Å². The minimum Gasteiger partial charge on any atom is -0.550 e. The molecule has 0 heterocycles. The van der Waals surface area contributed by atoms with Crippen LogP contribution in [0, 0.1) is 6.92 Å². The summed E-state index contributed by atoms with van der Waals surface area (Å²) < 4.78 is 2.10. The van der Waals surface area contributed by atoms with E-state index < -0.39 is 5.97 Å². The molecule has 2 aromatic rings. The molecular weight excluding hydrogens is 466 g/mol. The van der Waals surface area contributed by atoms with E-state index in [4.69, 9.17) is 9.90 Å². The number of benzene rings is 2. The molecular formula is C30H39N3O4. The number of aliphatic hydroxyl groups is 2. The molecule has 7 nitrogen and oxygen atoms in total. The molecule has 0 bridgehead atoms. The molecule has 37 heavy (non-hydrogen) atoms. The van der Waals surface area contributed by atoms with Gasteiger partial charge in [0.15, 0.2) is 5.71 Å². The van der Waals surface area contributed by atoms with Crippen molar-refractivity contribution >= 4 is 28.6 Å². The summed E-state index contributed by atoms with van der Waals surface area (Å²) in [6.07, 6.45) is 8.66. The van der Waals surface area contributed by atoms with E-state index in [9.17, 15) is 10.2 Å². The van der Waals surface area contributed by atoms with Gasteiger partial charge < -0.3 is 29.9 Å². The van der Waals surface area contributed by atoms with Crippen molar-refractivity contribution < 1.29 is 24.7 Å². The Bertz CT molecular complexity index is 1160. The number of carboxylic acids is 1. The van der Waals surface area contributed by atoms with Gasteiger partial charge in [0, 0.05) is 56.7 Å². The number of aliphatic hydroxyl groups excluding tert-OH is 2. The van der Waals surface area contributed by atoms with E-state index in [0.717, 1.165) is 40.7 Å². The lowest BCUT2D eigenvalue weighted by Gasteiger charge is -2.25. The zero-order chi connectivity index (χ0) is 27.5. The van der Waals surface area contributed by atoms with Crippen LogP contribution in [0.5, 0.6) is 0 Å². The summed E-state index contributed by atoms with van der Waals surface area (Å²) in [5, 5.41) is 27.7. The molecule has 0 saturated heterocycles. The smallest absolute Gasteiger partial charge is 0.199 e. The van der Waals surface area contributed by atoms with Crippen LogP contribution in [0.25, 0.3) is 5.57 Å². The van der Waals surface area contributed by atoms with Crippen molar-refractivity contribution in [1.29, 1.82) is 0 Å². The van der Waals surface area contributed by atoms with E-state index >= 15 is 0 Å². The summed E-state index contributed by atoms with van der Waals surface area (Å²) in [5.74, 6) is -1.08. The van der Waals surface area contributed by atoms with Crippen LogP contribution in [0.3, 0.4) is 0 Å². The Morgan fingerprint density at radius 2 is 1.41 bits per heavy atom. The molecule has 2 N–H and O–H groups in total. The highest BCUT2D eigenvalue weighted by Gasteiger charge is 2.16. The number of aryl methyl sites for hydroxylation is 1. The van der Waals surface area contributed by atoms with Crippen molar-refractivity contribution in [2.45, 2.75) is 13.8 Å². The van der Waals surface area contributed by atoms with Gasteiger partial charge in [-0.1, -0.05) is 18.2 Å². The highest BCUT2D eigenvalue weighted by atomic mass is 16.4. The number of anilines is 2. The number of nitrogens with zero attached hydrogens (tertiary/aromatic N) is 3. The molecule has 0 amide bonds. The summed E-state index contributed by atoms with van der Waals surface area (Å²) in [5.41, 5.74) is 9.16. The summed E-state index contributed by atoms with van der Waals surface area (Å²) >= 11 is 0. The van der Waals surface area contributed by atoms with Crippen LogP contribution in [0.15, 0.2) is 72.3 Å². The standard InChI is InChI=1S/C28H36N3O2.C2H4O2/c1-21-20-26(31(16-18-32)17-19-33)14-15-27(21)28(22-6-10-24(11-7-22)29(2)3)23-8-12-25(13-9-23)30(4)5;1-2(3)4/h6-15,20,32-33H,16-19H2,1-5H3;1H3,(H,3,4)/q+1;/p-1. The first-order chi connectivity index (χ1) is 17.6. The fourth-order valence-corrected chi connectivity index (χ4v) is 4.07. The summed E-state index contributed by atoms with van der Waals surface area (Å²) in [7, 11) is 8.19. The molecule has 0 unspecified atom stereocenters. The SMILES string of the molecule is CC(=O)[O-].Cc1cc(N(CCO)CCO)ccc1C(=C1C=CC(=[N+](C)C)C=C1)c1ccc(N(C)C)cc1. The number of allylic oxidation sites excluding steroid dienone is 5. The van der Waals surface area contributed by atoms with Gasteiger partial charge in [0.25, 0.3) is 0 Å². The predicted octanol–water partition coefficient (Wildman–Crippen LogP) is 2.25. The molecule has 1 aliphatic rings. The molecule has 0 spiro atoms. The van der Waals surface area contributed by atoms with Crippen molar-refractivity contribution in [3.63, 3.8) is 0 Å². The van der Waals surface area contributed by atoms with Crippen LogP contribution in [-0.4, -0.2) is 81.0 Å². The van der Waals surface area contributed by atoms with Crippen molar-refractivity contribution in [3.8, 4) is 0 Å². The molecule has 0 atom stereocenters. The Labute approximate surface area is 220 Å². The number of hydrogen-bond acceptors (Lipinski definition) is 6. The van der Waals surface area contributed by atoms with E-state index in [0.29, 0.717) is 13.1 Å². The monoisotopic (exact) mass is 505 g/mol. The Balaban J connectivity index is 0.00000112.